The fourth-order valence-electron chi connectivity index (χ4n) is 3.11. The van der Waals surface area contributed by atoms with Crippen molar-refractivity contribution in [2.75, 3.05) is 11.9 Å². The molecule has 0 saturated heterocycles. The standard InChI is InChI=1S/C23H20N2O3S2/c1-4-28-23(27)19-14(3)18(21-24-16-7-5-6-8-17(16)29-21)22(30-19)25-20(26)15-11-9-13(2)10-12-15/h5-12H,4H2,1-3H3,(H,25,26). The quantitative estimate of drug-likeness (QED) is 0.386. The summed E-state index contributed by atoms with van der Waals surface area (Å²) in [5.41, 5.74) is 4.05. The zero-order valence-electron chi connectivity index (χ0n) is 16.8. The van der Waals surface area contributed by atoms with Crippen molar-refractivity contribution in [1.29, 1.82) is 0 Å². The number of nitrogens with zero attached hydrogens (tertiary/aromatic N) is 1. The number of benzene rings is 2. The van der Waals surface area contributed by atoms with Gasteiger partial charge in [-0.1, -0.05) is 29.8 Å². The van der Waals surface area contributed by atoms with E-state index in [9.17, 15) is 9.59 Å². The Kier molecular flexibility index (Phi) is 5.65. The molecule has 0 aliphatic carbocycles. The topological polar surface area (TPSA) is 68.3 Å². The normalized spacial score (nSPS) is 10.9. The van der Waals surface area contributed by atoms with Gasteiger partial charge in [0.25, 0.3) is 5.91 Å². The molecule has 0 spiro atoms. The number of carbonyl (C=O) groups is 2. The van der Waals surface area contributed by atoms with E-state index >= 15 is 0 Å². The minimum atomic E-state index is -0.391. The number of thiazole rings is 1. The molecule has 0 unspecified atom stereocenters. The van der Waals surface area contributed by atoms with Gasteiger partial charge >= 0.3 is 5.97 Å². The van der Waals surface area contributed by atoms with Crippen molar-refractivity contribution in [3.63, 3.8) is 0 Å². The molecule has 30 heavy (non-hydrogen) atoms. The van der Waals surface area contributed by atoms with Crippen LogP contribution in [0.15, 0.2) is 48.5 Å². The first-order valence-corrected chi connectivity index (χ1v) is 11.2. The summed E-state index contributed by atoms with van der Waals surface area (Å²) in [4.78, 5) is 30.6. The molecule has 0 aliphatic heterocycles. The highest BCUT2D eigenvalue weighted by Crippen LogP contribution is 2.43. The summed E-state index contributed by atoms with van der Waals surface area (Å²) in [5, 5.41) is 4.35. The van der Waals surface area contributed by atoms with Gasteiger partial charge in [-0.25, -0.2) is 9.78 Å². The lowest BCUT2D eigenvalue weighted by molar-refractivity contribution is 0.0531. The number of aromatic nitrogens is 1. The maximum atomic E-state index is 12.9. The molecule has 0 aliphatic rings. The number of amides is 1. The summed E-state index contributed by atoms with van der Waals surface area (Å²) in [7, 11) is 0. The molecule has 1 amide bonds. The summed E-state index contributed by atoms with van der Waals surface area (Å²) >= 11 is 2.76. The maximum absolute atomic E-state index is 12.9. The Labute approximate surface area is 182 Å². The van der Waals surface area contributed by atoms with Gasteiger partial charge in [0.05, 0.1) is 16.8 Å². The molecular formula is C23H20N2O3S2. The lowest BCUT2D eigenvalue weighted by Crippen LogP contribution is -2.11. The number of thiophene rings is 1. The zero-order valence-corrected chi connectivity index (χ0v) is 18.4. The molecule has 0 bridgehead atoms. The minimum absolute atomic E-state index is 0.228. The van der Waals surface area contributed by atoms with Crippen LogP contribution in [0, 0.1) is 13.8 Å². The Hall–Kier alpha value is -3.03. The van der Waals surface area contributed by atoms with Crippen molar-refractivity contribution in [1.82, 2.24) is 4.98 Å². The predicted molar refractivity (Wildman–Crippen MR) is 123 cm³/mol. The fourth-order valence-corrected chi connectivity index (χ4v) is 5.35. The summed E-state index contributed by atoms with van der Waals surface area (Å²) in [6.07, 6.45) is 0. The highest BCUT2D eigenvalue weighted by Gasteiger charge is 2.25. The van der Waals surface area contributed by atoms with Crippen LogP contribution >= 0.6 is 22.7 Å². The summed E-state index contributed by atoms with van der Waals surface area (Å²) in [6.45, 7) is 5.90. The molecule has 2 aromatic heterocycles. The second-order valence-corrected chi connectivity index (χ2v) is 8.84. The zero-order chi connectivity index (χ0) is 21.3. The number of nitrogens with one attached hydrogen (secondary N) is 1. The van der Waals surface area contributed by atoms with E-state index in [1.54, 1.807) is 19.1 Å². The van der Waals surface area contributed by atoms with Crippen LogP contribution in [0.3, 0.4) is 0 Å². The molecule has 4 aromatic rings. The fraction of sp³-hybridized carbons (Fsp3) is 0.174. The second-order valence-electron chi connectivity index (χ2n) is 6.79. The van der Waals surface area contributed by atoms with E-state index in [-0.39, 0.29) is 12.5 Å². The molecule has 2 aromatic carbocycles. The Morgan fingerprint density at radius 2 is 1.77 bits per heavy atom. The van der Waals surface area contributed by atoms with Gasteiger partial charge < -0.3 is 10.1 Å². The molecule has 5 nitrogen and oxygen atoms in total. The largest absolute Gasteiger partial charge is 0.462 e. The van der Waals surface area contributed by atoms with Crippen LogP contribution in [-0.2, 0) is 4.74 Å². The van der Waals surface area contributed by atoms with Gasteiger partial charge in [0.1, 0.15) is 14.9 Å². The summed E-state index contributed by atoms with van der Waals surface area (Å²) < 4.78 is 6.26. The van der Waals surface area contributed by atoms with Crippen LogP contribution < -0.4 is 5.32 Å². The van der Waals surface area contributed by atoms with Crippen LogP contribution in [0.5, 0.6) is 0 Å². The Morgan fingerprint density at radius 1 is 1.03 bits per heavy atom. The maximum Gasteiger partial charge on any atom is 0.348 e. The van der Waals surface area contributed by atoms with Crippen molar-refractivity contribution in [3.05, 3.63) is 70.1 Å². The highest BCUT2D eigenvalue weighted by molar-refractivity contribution is 7.23. The number of hydrogen-bond donors (Lipinski definition) is 1. The first-order valence-electron chi connectivity index (χ1n) is 9.52. The average molecular weight is 437 g/mol. The van der Waals surface area contributed by atoms with E-state index in [0.717, 1.165) is 31.9 Å². The number of anilines is 1. The Morgan fingerprint density at radius 3 is 2.47 bits per heavy atom. The van der Waals surface area contributed by atoms with E-state index in [0.29, 0.717) is 15.4 Å². The molecule has 0 radical (unpaired) electrons. The molecule has 2 heterocycles. The predicted octanol–water partition coefficient (Wildman–Crippen LogP) is 6.07. The number of aryl methyl sites for hydroxylation is 1. The van der Waals surface area contributed by atoms with Crippen LogP contribution in [0.1, 0.15) is 38.1 Å². The number of para-hydroxylation sites is 1. The van der Waals surface area contributed by atoms with Crippen LogP contribution in [-0.4, -0.2) is 23.5 Å². The van der Waals surface area contributed by atoms with Gasteiger partial charge in [0.15, 0.2) is 0 Å². The third-order valence-electron chi connectivity index (χ3n) is 4.66. The van der Waals surface area contributed by atoms with Gasteiger partial charge in [-0.15, -0.1) is 22.7 Å². The number of fused-ring (bicyclic) bond motifs is 1. The van der Waals surface area contributed by atoms with E-state index in [1.807, 2.05) is 50.2 Å². The lowest BCUT2D eigenvalue weighted by atomic mass is 10.1. The smallest absolute Gasteiger partial charge is 0.348 e. The van der Waals surface area contributed by atoms with Crippen molar-refractivity contribution in [3.8, 4) is 10.6 Å². The molecule has 152 valence electrons. The summed E-state index contributed by atoms with van der Waals surface area (Å²) in [5.74, 6) is -0.618. The number of ether oxygens (including phenoxy) is 1. The molecule has 0 atom stereocenters. The third kappa shape index (κ3) is 3.86. The van der Waals surface area contributed by atoms with Crippen molar-refractivity contribution < 1.29 is 14.3 Å². The second kappa shape index (κ2) is 8.38. The van der Waals surface area contributed by atoms with Crippen molar-refractivity contribution >= 4 is 49.8 Å². The molecule has 4 rings (SSSR count). The molecule has 0 saturated carbocycles. The van der Waals surface area contributed by atoms with Gasteiger partial charge in [-0.05, 0) is 50.6 Å². The van der Waals surface area contributed by atoms with Gasteiger partial charge in [-0.2, -0.15) is 0 Å². The molecule has 1 N–H and O–H groups in total. The highest BCUT2D eigenvalue weighted by atomic mass is 32.1. The van der Waals surface area contributed by atoms with Crippen molar-refractivity contribution in [2.45, 2.75) is 20.8 Å². The van der Waals surface area contributed by atoms with Crippen LogP contribution in [0.25, 0.3) is 20.8 Å². The first-order chi connectivity index (χ1) is 14.5. The number of rotatable bonds is 5. The van der Waals surface area contributed by atoms with Gasteiger partial charge in [0, 0.05) is 11.1 Å². The van der Waals surface area contributed by atoms with Crippen LogP contribution in [0.2, 0.25) is 0 Å². The third-order valence-corrected chi connectivity index (χ3v) is 6.90. The molecular weight excluding hydrogens is 416 g/mol. The Balaban J connectivity index is 1.79. The molecule has 7 heteroatoms. The van der Waals surface area contributed by atoms with Crippen molar-refractivity contribution in [2.24, 2.45) is 0 Å². The minimum Gasteiger partial charge on any atom is -0.462 e. The first kappa shape index (κ1) is 20.3. The number of carbonyl (C=O) groups excluding carboxylic acids is 2. The SMILES string of the molecule is CCOC(=O)c1sc(NC(=O)c2ccc(C)cc2)c(-c2nc3ccccc3s2)c1C. The monoisotopic (exact) mass is 436 g/mol. The number of esters is 1. The van der Waals surface area contributed by atoms with E-state index in [1.165, 1.54) is 22.7 Å². The van der Waals surface area contributed by atoms with E-state index < -0.39 is 5.97 Å². The van der Waals surface area contributed by atoms with Crippen LogP contribution in [0.4, 0.5) is 5.00 Å². The Bertz CT molecular complexity index is 1210. The van der Waals surface area contributed by atoms with E-state index in [4.69, 9.17) is 9.72 Å². The van der Waals surface area contributed by atoms with Gasteiger partial charge in [-0.3, -0.25) is 4.79 Å². The number of hydrogen-bond acceptors (Lipinski definition) is 6. The molecule has 0 fully saturated rings. The van der Waals surface area contributed by atoms with Gasteiger partial charge in [0.2, 0.25) is 0 Å². The average Bonchev–Trinajstić information content (AvgIpc) is 3.29. The lowest BCUT2D eigenvalue weighted by Gasteiger charge is -2.06. The van der Waals surface area contributed by atoms with E-state index in [2.05, 4.69) is 5.32 Å². The summed E-state index contributed by atoms with van der Waals surface area (Å²) in [6, 6.07) is 15.2.